The van der Waals surface area contributed by atoms with E-state index in [0.29, 0.717) is 11.4 Å². The Morgan fingerprint density at radius 2 is 1.97 bits per heavy atom. The topological polar surface area (TPSA) is 61.4 Å². The van der Waals surface area contributed by atoms with Gasteiger partial charge >= 0.3 is 6.18 Å². The van der Waals surface area contributed by atoms with E-state index >= 15 is 0 Å². The van der Waals surface area contributed by atoms with E-state index in [2.05, 4.69) is 50.7 Å². The standard InChI is InChI=1S/C27H30F3N5OS/c1-3-23(36)31-14-19-4-6-20(7-5-19)18(2)34-10-8-26(15-34)9-11-35(16-26)24-22-12-21(13-27(28,29)30)37-25(22)33-17-32-24/h3-7,12,17-18H,1,8-11,13-16H2,2H3,(H,31,36). The summed E-state index contributed by atoms with van der Waals surface area (Å²) < 4.78 is 38.8. The molecule has 1 amide bonds. The molecule has 0 radical (unpaired) electrons. The highest BCUT2D eigenvalue weighted by Crippen LogP contribution is 2.44. The minimum absolute atomic E-state index is 0.144. The number of nitrogens with one attached hydrogen (secondary N) is 1. The van der Waals surface area contributed by atoms with Gasteiger partial charge in [0.25, 0.3) is 0 Å². The molecule has 1 N–H and O–H groups in total. The Bertz CT molecular complexity index is 1290. The van der Waals surface area contributed by atoms with Crippen LogP contribution < -0.4 is 10.2 Å². The molecule has 1 aromatic carbocycles. The first kappa shape index (κ1) is 25.7. The van der Waals surface area contributed by atoms with Crippen LogP contribution in [0, 0.1) is 5.41 Å². The number of nitrogens with zero attached hydrogens (tertiary/aromatic N) is 4. The highest BCUT2D eigenvalue weighted by atomic mass is 32.1. The van der Waals surface area contributed by atoms with E-state index in [0.717, 1.165) is 67.1 Å². The van der Waals surface area contributed by atoms with Crippen molar-refractivity contribution in [2.75, 3.05) is 31.1 Å². The molecular weight excluding hydrogens is 499 g/mol. The molecule has 6 nitrogen and oxygen atoms in total. The average Bonchev–Trinajstić information content (AvgIpc) is 3.59. The zero-order valence-corrected chi connectivity index (χ0v) is 21.5. The first-order chi connectivity index (χ1) is 17.6. The van der Waals surface area contributed by atoms with Crippen LogP contribution in [0.15, 0.2) is 49.3 Å². The van der Waals surface area contributed by atoms with E-state index in [1.165, 1.54) is 18.0 Å². The molecule has 2 aromatic heterocycles. The third-order valence-electron chi connectivity index (χ3n) is 7.60. The molecular formula is C27H30F3N5OS. The Balaban J connectivity index is 1.24. The molecule has 0 bridgehead atoms. The van der Waals surface area contributed by atoms with Crippen molar-refractivity contribution in [3.8, 4) is 0 Å². The number of amides is 1. The fourth-order valence-corrected chi connectivity index (χ4v) is 6.59. The number of fused-ring (bicyclic) bond motifs is 1. The molecule has 4 heterocycles. The summed E-state index contributed by atoms with van der Waals surface area (Å²) in [6.07, 6.45) is -0.332. The number of thiophene rings is 1. The molecule has 37 heavy (non-hydrogen) atoms. The molecule has 2 unspecified atom stereocenters. The van der Waals surface area contributed by atoms with Gasteiger partial charge in [-0.2, -0.15) is 13.2 Å². The zero-order chi connectivity index (χ0) is 26.2. The second-order valence-electron chi connectivity index (χ2n) is 10.2. The van der Waals surface area contributed by atoms with Crippen LogP contribution in [0.2, 0.25) is 0 Å². The van der Waals surface area contributed by atoms with Gasteiger partial charge in [0, 0.05) is 42.5 Å². The van der Waals surface area contributed by atoms with Crippen LogP contribution in [0.25, 0.3) is 10.2 Å². The van der Waals surface area contributed by atoms with Crippen LogP contribution in [0.3, 0.4) is 0 Å². The van der Waals surface area contributed by atoms with Crippen LogP contribution in [0.5, 0.6) is 0 Å². The summed E-state index contributed by atoms with van der Waals surface area (Å²) in [5.74, 6) is 0.561. The monoisotopic (exact) mass is 529 g/mol. The summed E-state index contributed by atoms with van der Waals surface area (Å²) in [6, 6.07) is 10.2. The van der Waals surface area contributed by atoms with Gasteiger partial charge in [-0.25, -0.2) is 9.97 Å². The zero-order valence-electron chi connectivity index (χ0n) is 20.7. The van der Waals surface area contributed by atoms with Gasteiger partial charge in [0.2, 0.25) is 5.91 Å². The molecule has 5 rings (SSSR count). The van der Waals surface area contributed by atoms with E-state index in [4.69, 9.17) is 0 Å². The molecule has 2 atom stereocenters. The number of hydrogen-bond donors (Lipinski definition) is 1. The highest BCUT2D eigenvalue weighted by Gasteiger charge is 2.45. The minimum Gasteiger partial charge on any atom is -0.355 e. The molecule has 196 valence electrons. The first-order valence-corrected chi connectivity index (χ1v) is 13.2. The fourth-order valence-electron chi connectivity index (χ4n) is 5.57. The lowest BCUT2D eigenvalue weighted by Crippen LogP contribution is -2.32. The molecule has 0 aliphatic carbocycles. The van der Waals surface area contributed by atoms with Gasteiger partial charge in [0.1, 0.15) is 17.0 Å². The van der Waals surface area contributed by atoms with E-state index in [9.17, 15) is 18.0 Å². The molecule has 3 aromatic rings. The Labute approximate surface area is 218 Å². The van der Waals surface area contributed by atoms with Crippen molar-refractivity contribution < 1.29 is 18.0 Å². The lowest BCUT2D eigenvalue weighted by Gasteiger charge is -2.29. The van der Waals surface area contributed by atoms with Crippen LogP contribution >= 0.6 is 11.3 Å². The molecule has 0 saturated carbocycles. The van der Waals surface area contributed by atoms with E-state index in [-0.39, 0.29) is 22.2 Å². The fraction of sp³-hybridized carbons (Fsp3) is 0.444. The SMILES string of the molecule is C=CC(=O)NCc1ccc(C(C)N2CCC3(CCN(c4ncnc5sc(CC(F)(F)F)cc45)C3)C2)cc1. The highest BCUT2D eigenvalue weighted by molar-refractivity contribution is 7.18. The number of hydrogen-bond acceptors (Lipinski definition) is 6. The van der Waals surface area contributed by atoms with E-state index in [1.54, 1.807) is 6.07 Å². The third kappa shape index (κ3) is 5.65. The predicted molar refractivity (Wildman–Crippen MR) is 140 cm³/mol. The van der Waals surface area contributed by atoms with Crippen molar-refractivity contribution in [1.29, 1.82) is 0 Å². The average molecular weight is 530 g/mol. The summed E-state index contributed by atoms with van der Waals surface area (Å²) in [5.41, 5.74) is 2.42. The Morgan fingerprint density at radius 1 is 1.22 bits per heavy atom. The number of rotatable bonds is 7. The van der Waals surface area contributed by atoms with Crippen LogP contribution in [0.1, 0.15) is 41.8 Å². The van der Waals surface area contributed by atoms with Gasteiger partial charge < -0.3 is 10.2 Å². The van der Waals surface area contributed by atoms with Crippen LogP contribution in [0.4, 0.5) is 19.0 Å². The molecule has 2 aliphatic rings. The quantitative estimate of drug-likeness (QED) is 0.423. The maximum absolute atomic E-state index is 12.9. The second-order valence-corrected chi connectivity index (χ2v) is 11.3. The first-order valence-electron chi connectivity index (χ1n) is 12.4. The van der Waals surface area contributed by atoms with Crippen LogP contribution in [-0.4, -0.2) is 53.1 Å². The van der Waals surface area contributed by atoms with Crippen molar-refractivity contribution in [2.24, 2.45) is 5.41 Å². The van der Waals surface area contributed by atoms with Crippen molar-refractivity contribution in [3.05, 3.63) is 65.3 Å². The summed E-state index contributed by atoms with van der Waals surface area (Å²) in [7, 11) is 0. The summed E-state index contributed by atoms with van der Waals surface area (Å²) >= 11 is 1.10. The summed E-state index contributed by atoms with van der Waals surface area (Å²) in [4.78, 5) is 25.7. The number of halogens is 3. The number of alkyl halides is 3. The molecule has 2 fully saturated rings. The Kier molecular flexibility index (Phi) is 6.97. The van der Waals surface area contributed by atoms with Gasteiger partial charge in [-0.1, -0.05) is 30.8 Å². The van der Waals surface area contributed by atoms with Gasteiger partial charge in [0.05, 0.1) is 11.8 Å². The van der Waals surface area contributed by atoms with Crippen LogP contribution in [-0.2, 0) is 17.8 Å². The summed E-state index contributed by atoms with van der Waals surface area (Å²) in [6.45, 7) is 9.81. The molecule has 10 heteroatoms. The van der Waals surface area contributed by atoms with Gasteiger partial charge in [-0.05, 0) is 49.6 Å². The maximum Gasteiger partial charge on any atom is 0.393 e. The molecule has 1 spiro atoms. The van der Waals surface area contributed by atoms with Crippen molar-refractivity contribution >= 4 is 33.3 Å². The predicted octanol–water partition coefficient (Wildman–Crippen LogP) is 5.26. The lowest BCUT2D eigenvalue weighted by atomic mass is 9.86. The number of anilines is 1. The largest absolute Gasteiger partial charge is 0.393 e. The number of aromatic nitrogens is 2. The van der Waals surface area contributed by atoms with E-state index in [1.807, 2.05) is 12.1 Å². The summed E-state index contributed by atoms with van der Waals surface area (Å²) in [5, 5.41) is 3.51. The van der Waals surface area contributed by atoms with Crippen molar-refractivity contribution in [1.82, 2.24) is 20.2 Å². The second kappa shape index (κ2) is 10.1. The Morgan fingerprint density at radius 3 is 2.70 bits per heavy atom. The number of carbonyl (C=O) groups is 1. The van der Waals surface area contributed by atoms with Gasteiger partial charge in [0.15, 0.2) is 0 Å². The number of carbonyl (C=O) groups excluding carboxylic acids is 1. The minimum atomic E-state index is -4.24. The van der Waals surface area contributed by atoms with Crippen molar-refractivity contribution in [2.45, 2.75) is 44.9 Å². The Hall–Kier alpha value is -2.98. The third-order valence-corrected chi connectivity index (χ3v) is 8.64. The van der Waals surface area contributed by atoms with Gasteiger partial charge in [-0.15, -0.1) is 11.3 Å². The maximum atomic E-state index is 12.9. The van der Waals surface area contributed by atoms with Crippen molar-refractivity contribution in [3.63, 3.8) is 0 Å². The normalized spacial score (nSPS) is 21.1. The number of likely N-dealkylation sites (tertiary alicyclic amines) is 1. The van der Waals surface area contributed by atoms with Gasteiger partial charge in [-0.3, -0.25) is 9.69 Å². The lowest BCUT2D eigenvalue weighted by molar-refractivity contribution is -0.126. The molecule has 2 aliphatic heterocycles. The molecule has 2 saturated heterocycles. The smallest absolute Gasteiger partial charge is 0.355 e. The number of benzene rings is 1. The van der Waals surface area contributed by atoms with E-state index < -0.39 is 12.6 Å².